The molecule has 5 heteroatoms. The van der Waals surface area contributed by atoms with Crippen molar-refractivity contribution in [3.8, 4) is 0 Å². The molecule has 0 aliphatic carbocycles. The van der Waals surface area contributed by atoms with E-state index >= 15 is 0 Å². The summed E-state index contributed by atoms with van der Waals surface area (Å²) in [5.74, 6) is 0. The molecule has 2 N–H and O–H groups in total. The summed E-state index contributed by atoms with van der Waals surface area (Å²) in [5, 5.41) is 1.35. The summed E-state index contributed by atoms with van der Waals surface area (Å²) in [6.07, 6.45) is 1.20. The summed E-state index contributed by atoms with van der Waals surface area (Å²) in [6.45, 7) is 9.40. The summed E-state index contributed by atoms with van der Waals surface area (Å²) >= 11 is 12.2. The number of rotatable bonds is 5. The van der Waals surface area contributed by atoms with Crippen LogP contribution in [0.25, 0.3) is 0 Å². The van der Waals surface area contributed by atoms with Crippen LogP contribution in [0.3, 0.4) is 0 Å². The van der Waals surface area contributed by atoms with Crippen molar-refractivity contribution in [2.45, 2.75) is 32.4 Å². The van der Waals surface area contributed by atoms with Crippen molar-refractivity contribution in [3.63, 3.8) is 0 Å². The Balaban J connectivity index is 2.06. The first kappa shape index (κ1) is 17.0. The molecule has 0 aromatic heterocycles. The average Bonchev–Trinajstić information content (AvgIpc) is 2.47. The summed E-state index contributed by atoms with van der Waals surface area (Å²) in [5.41, 5.74) is 7.13. The molecule has 0 spiro atoms. The molecule has 0 saturated carbocycles. The Bertz CT molecular complexity index is 439. The average molecular weight is 330 g/mol. The number of halogens is 2. The van der Waals surface area contributed by atoms with E-state index in [9.17, 15) is 0 Å². The molecule has 1 fully saturated rings. The Kier molecular flexibility index (Phi) is 6.33. The van der Waals surface area contributed by atoms with Gasteiger partial charge in [-0.2, -0.15) is 0 Å². The molecule has 21 heavy (non-hydrogen) atoms. The van der Waals surface area contributed by atoms with Gasteiger partial charge in [0.25, 0.3) is 0 Å². The molecule has 2 atom stereocenters. The van der Waals surface area contributed by atoms with Crippen LogP contribution >= 0.6 is 23.2 Å². The van der Waals surface area contributed by atoms with Crippen molar-refractivity contribution in [3.05, 3.63) is 33.8 Å². The molecule has 2 unspecified atom stereocenters. The van der Waals surface area contributed by atoms with Gasteiger partial charge in [0.2, 0.25) is 0 Å². The highest BCUT2D eigenvalue weighted by Crippen LogP contribution is 2.27. The smallest absolute Gasteiger partial charge is 0.0472 e. The van der Waals surface area contributed by atoms with Gasteiger partial charge in [-0.1, -0.05) is 30.1 Å². The molecule has 1 saturated heterocycles. The molecule has 0 radical (unpaired) electrons. The molecule has 1 aliphatic rings. The van der Waals surface area contributed by atoms with Crippen molar-refractivity contribution in [2.75, 3.05) is 32.7 Å². The van der Waals surface area contributed by atoms with Crippen LogP contribution in [-0.2, 0) is 0 Å². The summed E-state index contributed by atoms with van der Waals surface area (Å²) in [6, 6.07) is 6.57. The van der Waals surface area contributed by atoms with Gasteiger partial charge in [0.1, 0.15) is 0 Å². The fraction of sp³-hybridized carbons (Fsp3) is 0.625. The van der Waals surface area contributed by atoms with Crippen LogP contribution in [0.5, 0.6) is 0 Å². The Morgan fingerprint density at radius 2 is 1.57 bits per heavy atom. The van der Waals surface area contributed by atoms with Crippen molar-refractivity contribution in [2.24, 2.45) is 5.73 Å². The summed E-state index contributed by atoms with van der Waals surface area (Å²) in [4.78, 5) is 5.00. The van der Waals surface area contributed by atoms with E-state index in [2.05, 4.69) is 23.6 Å². The van der Waals surface area contributed by atoms with Crippen molar-refractivity contribution >= 4 is 23.2 Å². The number of piperazine rings is 1. The van der Waals surface area contributed by atoms with Gasteiger partial charge in [0.05, 0.1) is 0 Å². The van der Waals surface area contributed by atoms with Crippen LogP contribution in [0.2, 0.25) is 10.0 Å². The minimum atomic E-state index is 0.195. The maximum atomic E-state index is 6.12. The summed E-state index contributed by atoms with van der Waals surface area (Å²) < 4.78 is 0. The van der Waals surface area contributed by atoms with Gasteiger partial charge < -0.3 is 5.73 Å². The van der Waals surface area contributed by atoms with Crippen LogP contribution in [0.4, 0.5) is 0 Å². The molecule has 1 aromatic carbocycles. The first-order valence-corrected chi connectivity index (χ1v) is 8.45. The quantitative estimate of drug-likeness (QED) is 0.898. The second kappa shape index (κ2) is 7.80. The predicted molar refractivity (Wildman–Crippen MR) is 91.2 cm³/mol. The molecule has 0 bridgehead atoms. The Morgan fingerprint density at radius 1 is 1.05 bits per heavy atom. The van der Waals surface area contributed by atoms with E-state index in [0.717, 1.165) is 31.7 Å². The molecule has 1 aliphatic heterocycles. The first-order valence-electron chi connectivity index (χ1n) is 7.69. The molecule has 2 rings (SSSR count). The van der Waals surface area contributed by atoms with Crippen molar-refractivity contribution < 1.29 is 0 Å². The van der Waals surface area contributed by atoms with Gasteiger partial charge >= 0.3 is 0 Å². The zero-order chi connectivity index (χ0) is 15.4. The third-order valence-corrected chi connectivity index (χ3v) is 4.93. The van der Waals surface area contributed by atoms with Crippen LogP contribution in [-0.4, -0.2) is 48.6 Å². The van der Waals surface area contributed by atoms with E-state index in [1.165, 1.54) is 6.42 Å². The van der Waals surface area contributed by atoms with E-state index in [-0.39, 0.29) is 6.04 Å². The molecule has 118 valence electrons. The Hall–Kier alpha value is -0.320. The second-order valence-electron chi connectivity index (χ2n) is 5.78. The largest absolute Gasteiger partial charge is 0.329 e. The molecular weight excluding hydrogens is 305 g/mol. The monoisotopic (exact) mass is 329 g/mol. The number of hydrogen-bond donors (Lipinski definition) is 1. The van der Waals surface area contributed by atoms with Crippen LogP contribution in [0.1, 0.15) is 31.9 Å². The lowest BCUT2D eigenvalue weighted by Crippen LogP contribution is -2.51. The van der Waals surface area contributed by atoms with Crippen molar-refractivity contribution in [1.82, 2.24) is 9.80 Å². The highest BCUT2D eigenvalue weighted by atomic mass is 35.5. The maximum absolute atomic E-state index is 6.12. The van der Waals surface area contributed by atoms with Crippen molar-refractivity contribution in [1.29, 1.82) is 0 Å². The van der Waals surface area contributed by atoms with Crippen LogP contribution in [0, 0.1) is 0 Å². The van der Waals surface area contributed by atoms with E-state index in [4.69, 9.17) is 28.9 Å². The Labute approximate surface area is 138 Å². The lowest BCUT2D eigenvalue weighted by molar-refractivity contribution is 0.0743. The fourth-order valence-electron chi connectivity index (χ4n) is 3.01. The van der Waals surface area contributed by atoms with E-state index < -0.39 is 0 Å². The maximum Gasteiger partial charge on any atom is 0.0472 e. The van der Waals surface area contributed by atoms with Crippen LogP contribution in [0.15, 0.2) is 18.2 Å². The van der Waals surface area contributed by atoms with Gasteiger partial charge in [0.15, 0.2) is 0 Å². The second-order valence-corrected chi connectivity index (χ2v) is 6.66. The normalized spacial score (nSPS) is 20.4. The zero-order valence-corrected chi connectivity index (χ0v) is 14.4. The number of nitrogens with zero attached hydrogens (tertiary/aromatic N) is 2. The molecule has 0 amide bonds. The molecule has 1 heterocycles. The predicted octanol–water partition coefficient (Wildman–Crippen LogP) is 3.41. The highest BCUT2D eigenvalue weighted by Gasteiger charge is 2.26. The first-order chi connectivity index (χ1) is 10.0. The molecular formula is C16H25Cl2N3. The minimum absolute atomic E-state index is 0.195. The lowest BCUT2D eigenvalue weighted by atomic mass is 10.0. The van der Waals surface area contributed by atoms with Gasteiger partial charge in [-0.05, 0) is 37.1 Å². The minimum Gasteiger partial charge on any atom is -0.329 e. The summed E-state index contributed by atoms with van der Waals surface area (Å²) in [7, 11) is 0. The van der Waals surface area contributed by atoms with E-state index in [1.807, 2.05) is 12.1 Å². The third-order valence-electron chi connectivity index (χ3n) is 4.50. The number of nitrogens with two attached hydrogens (primary N) is 1. The molecule has 3 nitrogen and oxygen atoms in total. The standard InChI is InChI=1S/C16H25Cl2N3/c1-3-12(2)20-4-6-21(7-5-20)16(11-19)13-8-14(17)10-15(18)9-13/h8-10,12,16H,3-7,11,19H2,1-2H3. The number of benzene rings is 1. The van der Waals surface area contributed by atoms with E-state index in [1.54, 1.807) is 6.07 Å². The van der Waals surface area contributed by atoms with Gasteiger partial charge in [-0.15, -0.1) is 0 Å². The Morgan fingerprint density at radius 3 is 2.05 bits per heavy atom. The number of hydrogen-bond acceptors (Lipinski definition) is 3. The van der Waals surface area contributed by atoms with Gasteiger partial charge in [0, 0.05) is 54.9 Å². The lowest BCUT2D eigenvalue weighted by Gasteiger charge is -2.41. The van der Waals surface area contributed by atoms with Gasteiger partial charge in [-0.3, -0.25) is 9.80 Å². The van der Waals surface area contributed by atoms with Gasteiger partial charge in [-0.25, -0.2) is 0 Å². The van der Waals surface area contributed by atoms with Crippen LogP contribution < -0.4 is 5.73 Å². The SMILES string of the molecule is CCC(C)N1CCN(C(CN)c2cc(Cl)cc(Cl)c2)CC1. The molecule has 1 aromatic rings. The zero-order valence-electron chi connectivity index (χ0n) is 12.9. The third kappa shape index (κ3) is 4.33. The van der Waals surface area contributed by atoms with E-state index in [0.29, 0.717) is 22.6 Å². The fourth-order valence-corrected chi connectivity index (χ4v) is 3.55. The topological polar surface area (TPSA) is 32.5 Å². The highest BCUT2D eigenvalue weighted by molar-refractivity contribution is 6.34.